The Morgan fingerprint density at radius 2 is 1.90 bits per heavy atom. The summed E-state index contributed by atoms with van der Waals surface area (Å²) in [6.07, 6.45) is 3.57. The average molecular weight is 301 g/mol. The second-order valence-corrected chi connectivity index (χ2v) is 5.27. The maximum absolute atomic E-state index is 14.2. The van der Waals surface area contributed by atoms with Gasteiger partial charge in [-0.25, -0.2) is 4.39 Å². The molecule has 1 aromatic heterocycles. The fraction of sp³-hybridized carbons (Fsp3) is 0.118. The van der Waals surface area contributed by atoms with Crippen LogP contribution in [0, 0.1) is 5.82 Å². The van der Waals surface area contributed by atoms with Crippen LogP contribution >= 0.6 is 11.6 Å². The molecule has 106 valence electrons. The number of benzene rings is 2. The van der Waals surface area contributed by atoms with Gasteiger partial charge in [-0.2, -0.15) is 0 Å². The highest BCUT2D eigenvalue weighted by molar-refractivity contribution is 6.30. The largest absolute Gasteiger partial charge is 0.309 e. The van der Waals surface area contributed by atoms with Crippen molar-refractivity contribution >= 4 is 22.4 Å². The van der Waals surface area contributed by atoms with Gasteiger partial charge in [-0.3, -0.25) is 4.98 Å². The van der Waals surface area contributed by atoms with E-state index >= 15 is 0 Å². The van der Waals surface area contributed by atoms with Crippen molar-refractivity contribution in [2.45, 2.75) is 6.04 Å². The summed E-state index contributed by atoms with van der Waals surface area (Å²) in [6, 6.07) is 12.2. The lowest BCUT2D eigenvalue weighted by atomic mass is 9.95. The topological polar surface area (TPSA) is 24.9 Å². The van der Waals surface area contributed by atoms with Crippen LogP contribution in [0.25, 0.3) is 10.8 Å². The van der Waals surface area contributed by atoms with Crippen molar-refractivity contribution in [2.24, 2.45) is 0 Å². The van der Waals surface area contributed by atoms with Crippen LogP contribution in [0.2, 0.25) is 5.02 Å². The Labute approximate surface area is 127 Å². The molecule has 3 rings (SSSR count). The minimum Gasteiger partial charge on any atom is -0.309 e. The molecule has 0 aliphatic rings. The van der Waals surface area contributed by atoms with Crippen molar-refractivity contribution in [2.75, 3.05) is 7.05 Å². The van der Waals surface area contributed by atoms with Gasteiger partial charge in [0.1, 0.15) is 5.82 Å². The molecule has 2 nitrogen and oxygen atoms in total. The highest BCUT2D eigenvalue weighted by Crippen LogP contribution is 2.30. The van der Waals surface area contributed by atoms with Crippen LogP contribution in [0.15, 0.2) is 54.9 Å². The second kappa shape index (κ2) is 5.80. The van der Waals surface area contributed by atoms with Gasteiger partial charge >= 0.3 is 0 Å². The van der Waals surface area contributed by atoms with E-state index in [2.05, 4.69) is 10.3 Å². The predicted molar refractivity (Wildman–Crippen MR) is 84.1 cm³/mol. The van der Waals surface area contributed by atoms with Crippen molar-refractivity contribution in [3.8, 4) is 0 Å². The van der Waals surface area contributed by atoms with Crippen LogP contribution in [-0.2, 0) is 0 Å². The summed E-state index contributed by atoms with van der Waals surface area (Å²) in [6.45, 7) is 0. The molecule has 1 N–H and O–H groups in total. The van der Waals surface area contributed by atoms with Crippen molar-refractivity contribution in [3.63, 3.8) is 0 Å². The molecule has 0 saturated heterocycles. The summed E-state index contributed by atoms with van der Waals surface area (Å²) in [5, 5.41) is 5.74. The van der Waals surface area contributed by atoms with Gasteiger partial charge in [0.2, 0.25) is 0 Å². The van der Waals surface area contributed by atoms with E-state index in [-0.39, 0.29) is 11.9 Å². The maximum Gasteiger partial charge on any atom is 0.128 e. The Morgan fingerprint density at radius 1 is 1.10 bits per heavy atom. The lowest BCUT2D eigenvalue weighted by molar-refractivity contribution is 0.577. The van der Waals surface area contributed by atoms with E-state index < -0.39 is 0 Å². The molecule has 4 heteroatoms. The Morgan fingerprint density at radius 3 is 2.71 bits per heavy atom. The zero-order valence-corrected chi connectivity index (χ0v) is 12.2. The minimum absolute atomic E-state index is 0.285. The van der Waals surface area contributed by atoms with E-state index in [4.69, 9.17) is 11.6 Å². The smallest absolute Gasteiger partial charge is 0.128 e. The first-order chi connectivity index (χ1) is 10.2. The molecule has 0 aliphatic heterocycles. The SMILES string of the molecule is CNC(c1cc(Cl)ccc1F)c1cncc2ccccc12. The lowest BCUT2D eigenvalue weighted by Gasteiger charge is -2.19. The highest BCUT2D eigenvalue weighted by atomic mass is 35.5. The number of rotatable bonds is 3. The Bertz CT molecular complexity index is 783. The van der Waals surface area contributed by atoms with E-state index in [1.54, 1.807) is 31.6 Å². The monoisotopic (exact) mass is 300 g/mol. The van der Waals surface area contributed by atoms with Crippen LogP contribution in [0.5, 0.6) is 0 Å². The molecule has 2 aromatic carbocycles. The third-order valence-electron chi connectivity index (χ3n) is 3.57. The Hall–Kier alpha value is -1.97. The molecule has 0 fully saturated rings. The molecule has 0 spiro atoms. The first-order valence-electron chi connectivity index (χ1n) is 6.65. The van der Waals surface area contributed by atoms with Crippen molar-refractivity contribution in [3.05, 3.63) is 76.8 Å². The fourth-order valence-electron chi connectivity index (χ4n) is 2.58. The zero-order valence-electron chi connectivity index (χ0n) is 11.5. The van der Waals surface area contributed by atoms with E-state index in [1.165, 1.54) is 6.07 Å². The highest BCUT2D eigenvalue weighted by Gasteiger charge is 2.19. The first kappa shape index (κ1) is 14.0. The van der Waals surface area contributed by atoms with Crippen molar-refractivity contribution in [1.29, 1.82) is 0 Å². The fourth-order valence-corrected chi connectivity index (χ4v) is 2.76. The van der Waals surface area contributed by atoms with Crippen molar-refractivity contribution < 1.29 is 4.39 Å². The normalized spacial score (nSPS) is 12.5. The molecule has 0 aliphatic carbocycles. The molecule has 0 saturated carbocycles. The molecular weight excluding hydrogens is 287 g/mol. The third kappa shape index (κ3) is 2.62. The molecule has 0 amide bonds. The van der Waals surface area contributed by atoms with Gasteiger partial charge in [0, 0.05) is 28.4 Å². The van der Waals surface area contributed by atoms with Gasteiger partial charge in [-0.1, -0.05) is 35.9 Å². The number of aromatic nitrogens is 1. The number of halogens is 2. The summed E-state index contributed by atoms with van der Waals surface area (Å²) in [5.41, 5.74) is 1.44. The van der Waals surface area contributed by atoms with Crippen LogP contribution < -0.4 is 5.32 Å². The standard InChI is InChI=1S/C17H14ClFN2/c1-20-17(14-8-12(18)6-7-16(14)19)15-10-21-9-11-4-2-3-5-13(11)15/h2-10,17,20H,1H3. The third-order valence-corrected chi connectivity index (χ3v) is 3.80. The lowest BCUT2D eigenvalue weighted by Crippen LogP contribution is -2.19. The average Bonchev–Trinajstić information content (AvgIpc) is 2.51. The summed E-state index contributed by atoms with van der Waals surface area (Å²) in [4.78, 5) is 4.26. The summed E-state index contributed by atoms with van der Waals surface area (Å²) < 4.78 is 14.2. The number of hydrogen-bond acceptors (Lipinski definition) is 2. The van der Waals surface area contributed by atoms with Crippen LogP contribution in [0.3, 0.4) is 0 Å². The van der Waals surface area contributed by atoms with E-state index in [0.717, 1.165) is 16.3 Å². The van der Waals surface area contributed by atoms with Gasteiger partial charge in [0.05, 0.1) is 6.04 Å². The summed E-state index contributed by atoms with van der Waals surface area (Å²) >= 11 is 6.01. The van der Waals surface area contributed by atoms with E-state index in [0.29, 0.717) is 10.6 Å². The zero-order chi connectivity index (χ0) is 14.8. The van der Waals surface area contributed by atoms with E-state index in [1.807, 2.05) is 24.3 Å². The number of nitrogens with zero attached hydrogens (tertiary/aromatic N) is 1. The molecule has 3 aromatic rings. The summed E-state index contributed by atoms with van der Waals surface area (Å²) in [5.74, 6) is -0.285. The van der Waals surface area contributed by atoms with E-state index in [9.17, 15) is 4.39 Å². The molecule has 1 heterocycles. The van der Waals surface area contributed by atoms with Gasteiger partial charge in [0.25, 0.3) is 0 Å². The summed E-state index contributed by atoms with van der Waals surface area (Å²) in [7, 11) is 1.80. The Kier molecular flexibility index (Phi) is 3.86. The molecule has 0 bridgehead atoms. The maximum atomic E-state index is 14.2. The van der Waals surface area contributed by atoms with Crippen LogP contribution in [0.4, 0.5) is 4.39 Å². The second-order valence-electron chi connectivity index (χ2n) is 4.84. The first-order valence-corrected chi connectivity index (χ1v) is 7.03. The predicted octanol–water partition coefficient (Wildman–Crippen LogP) is 4.34. The van der Waals surface area contributed by atoms with Gasteiger partial charge in [-0.15, -0.1) is 0 Å². The molecule has 1 atom stereocenters. The van der Waals surface area contributed by atoms with Crippen LogP contribution in [-0.4, -0.2) is 12.0 Å². The van der Waals surface area contributed by atoms with Gasteiger partial charge in [0.15, 0.2) is 0 Å². The molecule has 21 heavy (non-hydrogen) atoms. The number of fused-ring (bicyclic) bond motifs is 1. The van der Waals surface area contributed by atoms with Gasteiger partial charge in [-0.05, 0) is 36.2 Å². The van der Waals surface area contributed by atoms with Gasteiger partial charge < -0.3 is 5.32 Å². The number of nitrogens with one attached hydrogen (secondary N) is 1. The minimum atomic E-state index is -0.303. The van der Waals surface area contributed by atoms with Crippen molar-refractivity contribution in [1.82, 2.24) is 10.3 Å². The molecule has 1 unspecified atom stereocenters. The van der Waals surface area contributed by atoms with Crippen LogP contribution in [0.1, 0.15) is 17.2 Å². The molecular formula is C17H14ClFN2. The number of pyridine rings is 1. The molecule has 0 radical (unpaired) electrons. The quantitative estimate of drug-likeness (QED) is 0.778. The number of hydrogen-bond donors (Lipinski definition) is 1. The Balaban J connectivity index is 2.21.